The van der Waals surface area contributed by atoms with Crippen LogP contribution in [0.4, 0.5) is 0 Å². The molecule has 2 aliphatic heterocycles. The summed E-state index contributed by atoms with van der Waals surface area (Å²) in [4.78, 5) is 29.5. The molecule has 2 fully saturated rings. The zero-order valence-electron chi connectivity index (χ0n) is 14.6. The summed E-state index contributed by atoms with van der Waals surface area (Å²) >= 11 is 0. The van der Waals surface area contributed by atoms with Crippen LogP contribution in [-0.2, 0) is 25.5 Å². The van der Waals surface area contributed by atoms with Crippen molar-refractivity contribution in [1.82, 2.24) is 15.2 Å². The van der Waals surface area contributed by atoms with Crippen LogP contribution in [-0.4, -0.2) is 60.3 Å². The lowest BCUT2D eigenvalue weighted by molar-refractivity contribution is -0.187. The highest BCUT2D eigenvalue weighted by molar-refractivity contribution is 5.90. The van der Waals surface area contributed by atoms with Gasteiger partial charge < -0.3 is 24.7 Å². The molecule has 0 radical (unpaired) electrons. The largest absolute Gasteiger partial charge is 0.361 e. The molecule has 3 heterocycles. The predicted molar refractivity (Wildman–Crippen MR) is 95.5 cm³/mol. The van der Waals surface area contributed by atoms with Crippen LogP contribution >= 0.6 is 0 Å². The lowest BCUT2D eigenvalue weighted by Gasteiger charge is -2.37. The average Bonchev–Trinajstić information content (AvgIpc) is 3.28. The molecule has 2 amide bonds. The number of ether oxygens (including phenoxy) is 2. The van der Waals surface area contributed by atoms with E-state index in [1.54, 1.807) is 4.90 Å². The fourth-order valence-electron chi connectivity index (χ4n) is 3.68. The van der Waals surface area contributed by atoms with Gasteiger partial charge in [-0.05, 0) is 11.6 Å². The molecular formula is C19H23N3O4. The van der Waals surface area contributed by atoms with Crippen molar-refractivity contribution in [2.45, 2.75) is 25.0 Å². The van der Waals surface area contributed by atoms with Crippen LogP contribution in [0.1, 0.15) is 18.4 Å². The number of aromatic amines is 1. The van der Waals surface area contributed by atoms with E-state index in [1.165, 1.54) is 0 Å². The highest BCUT2D eigenvalue weighted by atomic mass is 16.7. The topological polar surface area (TPSA) is 83.7 Å². The zero-order chi connectivity index (χ0) is 18.0. The number of H-pyrrole nitrogens is 1. The molecule has 26 heavy (non-hydrogen) atoms. The number of hydrogen-bond acceptors (Lipinski definition) is 4. The van der Waals surface area contributed by atoms with Crippen molar-refractivity contribution in [2.24, 2.45) is 0 Å². The Morgan fingerprint density at radius 2 is 1.88 bits per heavy atom. The van der Waals surface area contributed by atoms with Crippen molar-refractivity contribution in [3.8, 4) is 0 Å². The minimum Gasteiger partial charge on any atom is -0.361 e. The zero-order valence-corrected chi connectivity index (χ0v) is 14.6. The molecule has 2 aliphatic rings. The Labute approximate surface area is 151 Å². The standard InChI is InChI=1S/C19H23N3O4/c23-17(11-14-12-20-16-4-2-1-3-15(14)16)21-13-18(24)22-7-5-19(6-8-22)25-9-10-26-19/h1-4,12,20H,5-11,13H2,(H,21,23). The van der Waals surface area contributed by atoms with Crippen molar-refractivity contribution in [3.05, 3.63) is 36.0 Å². The molecule has 2 saturated heterocycles. The quantitative estimate of drug-likeness (QED) is 0.861. The number of hydrogen-bond donors (Lipinski definition) is 2. The Morgan fingerprint density at radius 1 is 1.15 bits per heavy atom. The molecule has 2 aromatic rings. The van der Waals surface area contributed by atoms with Gasteiger partial charge in [0.05, 0.1) is 26.2 Å². The first-order chi connectivity index (χ1) is 12.7. The molecule has 7 nitrogen and oxygen atoms in total. The molecule has 1 spiro atoms. The van der Waals surface area contributed by atoms with Crippen molar-refractivity contribution in [1.29, 1.82) is 0 Å². The summed E-state index contributed by atoms with van der Waals surface area (Å²) in [6.07, 6.45) is 3.46. The van der Waals surface area contributed by atoms with E-state index in [0.29, 0.717) is 39.1 Å². The van der Waals surface area contributed by atoms with Gasteiger partial charge in [-0.1, -0.05) is 18.2 Å². The van der Waals surface area contributed by atoms with Gasteiger partial charge in [0.1, 0.15) is 0 Å². The second kappa shape index (κ2) is 7.09. The van der Waals surface area contributed by atoms with Crippen LogP contribution in [0.2, 0.25) is 0 Å². The fourth-order valence-corrected chi connectivity index (χ4v) is 3.68. The van der Waals surface area contributed by atoms with Gasteiger partial charge in [0.15, 0.2) is 5.79 Å². The fraction of sp³-hybridized carbons (Fsp3) is 0.474. The summed E-state index contributed by atoms with van der Waals surface area (Å²) in [5.41, 5.74) is 1.94. The van der Waals surface area contributed by atoms with Crippen LogP contribution in [0, 0.1) is 0 Å². The lowest BCUT2D eigenvalue weighted by Crippen LogP contribution is -2.49. The van der Waals surface area contributed by atoms with Crippen molar-refractivity contribution >= 4 is 22.7 Å². The number of benzene rings is 1. The number of rotatable bonds is 4. The van der Waals surface area contributed by atoms with Crippen molar-refractivity contribution in [2.75, 3.05) is 32.8 Å². The second-order valence-corrected chi connectivity index (χ2v) is 6.80. The van der Waals surface area contributed by atoms with E-state index in [4.69, 9.17) is 9.47 Å². The maximum absolute atomic E-state index is 12.3. The molecular weight excluding hydrogens is 334 g/mol. The van der Waals surface area contributed by atoms with E-state index in [0.717, 1.165) is 16.5 Å². The minimum absolute atomic E-state index is 0.0237. The molecule has 4 rings (SSSR count). The summed E-state index contributed by atoms with van der Waals surface area (Å²) in [6.45, 7) is 2.46. The second-order valence-electron chi connectivity index (χ2n) is 6.80. The third-order valence-electron chi connectivity index (χ3n) is 5.15. The number of piperidine rings is 1. The normalized spacial score (nSPS) is 19.2. The summed E-state index contributed by atoms with van der Waals surface area (Å²) in [5, 5.41) is 3.77. The Morgan fingerprint density at radius 3 is 2.65 bits per heavy atom. The SMILES string of the molecule is O=C(Cc1c[nH]c2ccccc12)NCC(=O)N1CCC2(CC1)OCCO2. The third kappa shape index (κ3) is 3.45. The maximum Gasteiger partial charge on any atom is 0.241 e. The van der Waals surface area contributed by atoms with Gasteiger partial charge in [0.2, 0.25) is 11.8 Å². The molecule has 0 saturated carbocycles. The molecule has 0 unspecified atom stereocenters. The van der Waals surface area contributed by atoms with Crippen LogP contribution in [0.15, 0.2) is 30.5 Å². The molecule has 2 N–H and O–H groups in total. The third-order valence-corrected chi connectivity index (χ3v) is 5.15. The van der Waals surface area contributed by atoms with Crippen molar-refractivity contribution < 1.29 is 19.1 Å². The molecule has 0 bridgehead atoms. The van der Waals surface area contributed by atoms with Crippen LogP contribution in [0.3, 0.4) is 0 Å². The van der Waals surface area contributed by atoms with Gasteiger partial charge in [0, 0.05) is 43.0 Å². The number of carbonyl (C=O) groups is 2. The summed E-state index contributed by atoms with van der Waals surface area (Å²) in [7, 11) is 0. The first kappa shape index (κ1) is 17.1. The number of nitrogens with one attached hydrogen (secondary N) is 2. The first-order valence-corrected chi connectivity index (χ1v) is 9.03. The predicted octanol–water partition coefficient (Wildman–Crippen LogP) is 1.19. The molecule has 7 heteroatoms. The Bertz CT molecular complexity index is 800. The van der Waals surface area contributed by atoms with Crippen molar-refractivity contribution in [3.63, 3.8) is 0 Å². The smallest absolute Gasteiger partial charge is 0.241 e. The van der Waals surface area contributed by atoms with Gasteiger partial charge in [-0.15, -0.1) is 0 Å². The minimum atomic E-state index is -0.491. The monoisotopic (exact) mass is 357 g/mol. The van der Waals surface area contributed by atoms with Crippen LogP contribution in [0.25, 0.3) is 10.9 Å². The van der Waals surface area contributed by atoms with Gasteiger partial charge in [-0.3, -0.25) is 9.59 Å². The lowest BCUT2D eigenvalue weighted by atomic mass is 10.0. The molecule has 1 aromatic carbocycles. The van der Waals surface area contributed by atoms with E-state index in [9.17, 15) is 9.59 Å². The van der Waals surface area contributed by atoms with E-state index in [-0.39, 0.29) is 24.8 Å². The molecule has 0 atom stereocenters. The van der Waals surface area contributed by atoms with Gasteiger partial charge in [-0.2, -0.15) is 0 Å². The number of para-hydroxylation sites is 1. The van der Waals surface area contributed by atoms with Crippen LogP contribution in [0.5, 0.6) is 0 Å². The van der Waals surface area contributed by atoms with Crippen LogP contribution < -0.4 is 5.32 Å². The summed E-state index contributed by atoms with van der Waals surface area (Å²) in [6, 6.07) is 7.85. The number of amides is 2. The van der Waals surface area contributed by atoms with E-state index in [2.05, 4.69) is 10.3 Å². The van der Waals surface area contributed by atoms with Gasteiger partial charge in [-0.25, -0.2) is 0 Å². The number of carbonyl (C=O) groups excluding carboxylic acids is 2. The van der Waals surface area contributed by atoms with E-state index >= 15 is 0 Å². The molecule has 1 aromatic heterocycles. The average molecular weight is 357 g/mol. The number of likely N-dealkylation sites (tertiary alicyclic amines) is 1. The number of fused-ring (bicyclic) bond motifs is 1. The summed E-state index contributed by atoms with van der Waals surface area (Å²) < 4.78 is 11.3. The van der Waals surface area contributed by atoms with Gasteiger partial charge >= 0.3 is 0 Å². The highest BCUT2D eigenvalue weighted by Gasteiger charge is 2.40. The van der Waals surface area contributed by atoms with E-state index in [1.807, 2.05) is 30.5 Å². The maximum atomic E-state index is 12.3. The van der Waals surface area contributed by atoms with Gasteiger partial charge in [0.25, 0.3) is 0 Å². The molecule has 0 aliphatic carbocycles. The Hall–Kier alpha value is -2.38. The number of aromatic nitrogens is 1. The number of nitrogens with zero attached hydrogens (tertiary/aromatic N) is 1. The Kier molecular flexibility index (Phi) is 4.65. The van der Waals surface area contributed by atoms with E-state index < -0.39 is 5.79 Å². The molecule has 138 valence electrons. The highest BCUT2D eigenvalue weighted by Crippen LogP contribution is 2.31. The summed E-state index contributed by atoms with van der Waals surface area (Å²) in [5.74, 6) is -0.709. The first-order valence-electron chi connectivity index (χ1n) is 9.03. The Balaban J connectivity index is 1.26.